The summed E-state index contributed by atoms with van der Waals surface area (Å²) in [5.41, 5.74) is 1.15. The van der Waals surface area contributed by atoms with E-state index in [2.05, 4.69) is 18.7 Å². The van der Waals surface area contributed by atoms with Gasteiger partial charge in [0.25, 0.3) is 0 Å². The van der Waals surface area contributed by atoms with Gasteiger partial charge in [-0.05, 0) is 35.7 Å². The lowest BCUT2D eigenvalue weighted by Gasteiger charge is -2.33. The first-order valence-electron chi connectivity index (χ1n) is 8.31. The average Bonchev–Trinajstić information content (AvgIpc) is 3.08. The Morgan fingerprint density at radius 1 is 1.04 bits per heavy atom. The molecule has 0 radical (unpaired) electrons. The van der Waals surface area contributed by atoms with Crippen LogP contribution in [0.3, 0.4) is 0 Å². The highest BCUT2D eigenvalue weighted by Gasteiger charge is 2.28. The van der Waals surface area contributed by atoms with E-state index in [9.17, 15) is 8.42 Å². The van der Waals surface area contributed by atoms with Crippen molar-refractivity contribution in [3.8, 4) is 0 Å². The Morgan fingerprint density at radius 3 is 2.25 bits per heavy atom. The fourth-order valence-corrected chi connectivity index (χ4v) is 4.35. The van der Waals surface area contributed by atoms with Crippen LogP contribution in [0.2, 0.25) is 0 Å². The Hall–Kier alpha value is -1.63. The van der Waals surface area contributed by atoms with Crippen LogP contribution in [0.1, 0.15) is 31.1 Å². The third-order valence-corrected chi connectivity index (χ3v) is 6.39. The molecular formula is C18H24N2O3S. The number of piperazine rings is 1. The molecule has 0 bridgehead atoms. The van der Waals surface area contributed by atoms with Gasteiger partial charge in [-0.25, -0.2) is 8.42 Å². The van der Waals surface area contributed by atoms with Gasteiger partial charge in [0.1, 0.15) is 5.76 Å². The van der Waals surface area contributed by atoms with Crippen LogP contribution in [0, 0.1) is 0 Å². The van der Waals surface area contributed by atoms with Crippen molar-refractivity contribution in [1.29, 1.82) is 0 Å². The minimum Gasteiger partial charge on any atom is -0.468 e. The number of benzene rings is 1. The van der Waals surface area contributed by atoms with Crippen molar-refractivity contribution in [2.75, 3.05) is 26.2 Å². The molecule has 0 N–H and O–H groups in total. The van der Waals surface area contributed by atoms with E-state index in [1.807, 2.05) is 24.3 Å². The SMILES string of the molecule is CC(C)c1ccc(S(=O)(=O)N2CCN(Cc3ccco3)CC2)cc1. The summed E-state index contributed by atoms with van der Waals surface area (Å²) >= 11 is 0. The van der Waals surface area contributed by atoms with Gasteiger partial charge in [0.2, 0.25) is 10.0 Å². The van der Waals surface area contributed by atoms with Gasteiger partial charge in [-0.1, -0.05) is 26.0 Å². The first-order valence-corrected chi connectivity index (χ1v) is 9.75. The standard InChI is InChI=1S/C18H24N2O3S/c1-15(2)16-5-7-18(8-6-16)24(21,22)20-11-9-19(10-12-20)14-17-4-3-13-23-17/h3-8,13,15H,9-12,14H2,1-2H3. The second-order valence-electron chi connectivity index (χ2n) is 6.48. The van der Waals surface area contributed by atoms with Crippen LogP contribution < -0.4 is 0 Å². The quantitative estimate of drug-likeness (QED) is 0.834. The molecule has 1 aromatic heterocycles. The Bertz CT molecular complexity index is 744. The molecule has 0 spiro atoms. The van der Waals surface area contributed by atoms with Crippen LogP contribution in [0.4, 0.5) is 0 Å². The minimum absolute atomic E-state index is 0.381. The molecule has 1 fully saturated rings. The number of sulfonamides is 1. The highest BCUT2D eigenvalue weighted by molar-refractivity contribution is 7.89. The summed E-state index contributed by atoms with van der Waals surface area (Å²) < 4.78 is 32.5. The summed E-state index contributed by atoms with van der Waals surface area (Å²) in [7, 11) is -3.41. The van der Waals surface area contributed by atoms with Crippen molar-refractivity contribution in [3.63, 3.8) is 0 Å². The number of hydrogen-bond donors (Lipinski definition) is 0. The van der Waals surface area contributed by atoms with E-state index in [1.54, 1.807) is 22.7 Å². The molecule has 0 atom stereocenters. The third-order valence-electron chi connectivity index (χ3n) is 4.48. The zero-order chi connectivity index (χ0) is 17.2. The molecule has 1 aromatic carbocycles. The molecule has 1 aliphatic heterocycles. The van der Waals surface area contributed by atoms with E-state index >= 15 is 0 Å². The van der Waals surface area contributed by atoms with Crippen molar-refractivity contribution < 1.29 is 12.8 Å². The largest absolute Gasteiger partial charge is 0.468 e. The maximum Gasteiger partial charge on any atom is 0.243 e. The lowest BCUT2D eigenvalue weighted by atomic mass is 10.0. The van der Waals surface area contributed by atoms with Crippen LogP contribution in [0.5, 0.6) is 0 Å². The Morgan fingerprint density at radius 2 is 1.71 bits per heavy atom. The molecule has 0 saturated carbocycles. The topological polar surface area (TPSA) is 53.8 Å². The first kappa shape index (κ1) is 17.2. The predicted molar refractivity (Wildman–Crippen MR) is 93.3 cm³/mol. The third kappa shape index (κ3) is 3.71. The smallest absolute Gasteiger partial charge is 0.243 e. The van der Waals surface area contributed by atoms with Crippen molar-refractivity contribution in [3.05, 3.63) is 54.0 Å². The summed E-state index contributed by atoms with van der Waals surface area (Å²) in [4.78, 5) is 2.60. The predicted octanol–water partition coefficient (Wildman–Crippen LogP) is 2.91. The molecule has 1 saturated heterocycles. The van der Waals surface area contributed by atoms with Crippen molar-refractivity contribution >= 4 is 10.0 Å². The molecule has 5 nitrogen and oxygen atoms in total. The van der Waals surface area contributed by atoms with Gasteiger partial charge >= 0.3 is 0 Å². The molecule has 0 aliphatic carbocycles. The molecule has 130 valence electrons. The van der Waals surface area contributed by atoms with Crippen LogP contribution in [-0.4, -0.2) is 43.8 Å². The fraction of sp³-hybridized carbons (Fsp3) is 0.444. The molecule has 24 heavy (non-hydrogen) atoms. The second-order valence-corrected chi connectivity index (χ2v) is 8.42. The highest BCUT2D eigenvalue weighted by atomic mass is 32.2. The molecular weight excluding hydrogens is 324 g/mol. The van der Waals surface area contributed by atoms with Gasteiger partial charge in [-0.2, -0.15) is 4.31 Å². The first-order chi connectivity index (χ1) is 11.5. The van der Waals surface area contributed by atoms with E-state index in [-0.39, 0.29) is 0 Å². The van der Waals surface area contributed by atoms with E-state index in [0.29, 0.717) is 37.0 Å². The van der Waals surface area contributed by atoms with Gasteiger partial charge in [-0.15, -0.1) is 0 Å². The van der Waals surface area contributed by atoms with Gasteiger partial charge in [0.05, 0.1) is 17.7 Å². The van der Waals surface area contributed by atoms with Crippen LogP contribution >= 0.6 is 0 Å². The highest BCUT2D eigenvalue weighted by Crippen LogP contribution is 2.21. The Kier molecular flexibility index (Phi) is 5.08. The summed E-state index contributed by atoms with van der Waals surface area (Å²) in [5, 5.41) is 0. The van der Waals surface area contributed by atoms with Gasteiger partial charge in [0.15, 0.2) is 0 Å². The molecule has 0 unspecified atom stereocenters. The molecule has 1 aliphatic rings. The van der Waals surface area contributed by atoms with Crippen LogP contribution in [0.25, 0.3) is 0 Å². The fourth-order valence-electron chi connectivity index (χ4n) is 2.92. The summed E-state index contributed by atoms with van der Waals surface area (Å²) in [5.74, 6) is 1.31. The van der Waals surface area contributed by atoms with Crippen molar-refractivity contribution in [2.45, 2.75) is 31.2 Å². The number of nitrogens with zero attached hydrogens (tertiary/aromatic N) is 2. The summed E-state index contributed by atoms with van der Waals surface area (Å²) in [6.07, 6.45) is 1.66. The van der Waals surface area contributed by atoms with Crippen molar-refractivity contribution in [2.24, 2.45) is 0 Å². The maximum atomic E-state index is 12.8. The lowest BCUT2D eigenvalue weighted by molar-refractivity contribution is 0.171. The van der Waals surface area contributed by atoms with E-state index in [0.717, 1.165) is 17.9 Å². The van der Waals surface area contributed by atoms with Crippen LogP contribution in [-0.2, 0) is 16.6 Å². The number of rotatable bonds is 5. The monoisotopic (exact) mass is 348 g/mol. The summed E-state index contributed by atoms with van der Waals surface area (Å²) in [6, 6.07) is 11.1. The zero-order valence-electron chi connectivity index (χ0n) is 14.2. The molecule has 0 amide bonds. The number of furan rings is 1. The van der Waals surface area contributed by atoms with E-state index < -0.39 is 10.0 Å². The molecule has 3 rings (SSSR count). The maximum absolute atomic E-state index is 12.8. The molecule has 6 heteroatoms. The minimum atomic E-state index is -3.41. The zero-order valence-corrected chi connectivity index (χ0v) is 15.0. The lowest BCUT2D eigenvalue weighted by Crippen LogP contribution is -2.48. The van der Waals surface area contributed by atoms with Gasteiger partial charge in [-0.3, -0.25) is 4.90 Å². The number of hydrogen-bond acceptors (Lipinski definition) is 4. The Balaban J connectivity index is 1.64. The van der Waals surface area contributed by atoms with E-state index in [1.165, 1.54) is 0 Å². The Labute approximate surface area is 143 Å². The summed E-state index contributed by atoms with van der Waals surface area (Å²) in [6.45, 7) is 7.37. The van der Waals surface area contributed by atoms with Gasteiger partial charge in [0, 0.05) is 26.2 Å². The molecule has 2 heterocycles. The second kappa shape index (κ2) is 7.09. The van der Waals surface area contributed by atoms with Crippen molar-refractivity contribution in [1.82, 2.24) is 9.21 Å². The average molecular weight is 348 g/mol. The molecule has 2 aromatic rings. The normalized spacial score (nSPS) is 17.5. The van der Waals surface area contributed by atoms with E-state index in [4.69, 9.17) is 4.42 Å². The van der Waals surface area contributed by atoms with Gasteiger partial charge < -0.3 is 4.42 Å². The van der Waals surface area contributed by atoms with Crippen LogP contribution in [0.15, 0.2) is 52.0 Å².